The van der Waals surface area contributed by atoms with Crippen LogP contribution in [-0.4, -0.2) is 126 Å². The summed E-state index contributed by atoms with van der Waals surface area (Å²) < 4.78 is 17.7. The molecule has 1 aromatic rings. The van der Waals surface area contributed by atoms with Gasteiger partial charge in [0.05, 0.1) is 49.8 Å². The molecule has 4 aliphatic rings. The van der Waals surface area contributed by atoms with Crippen LogP contribution in [0.15, 0.2) is 55.6 Å². The summed E-state index contributed by atoms with van der Waals surface area (Å²) >= 11 is 0. The van der Waals surface area contributed by atoms with Crippen LogP contribution in [0.4, 0.5) is 0 Å². The van der Waals surface area contributed by atoms with Crippen LogP contribution in [0.2, 0.25) is 0 Å². The average molecular weight is 681 g/mol. The van der Waals surface area contributed by atoms with Gasteiger partial charge in [-0.1, -0.05) is 56.3 Å². The molecule has 12 nitrogen and oxygen atoms in total. The predicted octanol–water partition coefficient (Wildman–Crippen LogP) is 2.09. The van der Waals surface area contributed by atoms with E-state index >= 15 is 0 Å². The first-order chi connectivity index (χ1) is 23.7. The highest BCUT2D eigenvalue weighted by molar-refractivity contribution is 5.99. The molecule has 0 aromatic heterocycles. The number of nitrogens with one attached hydrogen (secondary N) is 1. The molecule has 4 fully saturated rings. The van der Waals surface area contributed by atoms with Crippen molar-refractivity contribution in [2.75, 3.05) is 59.2 Å². The largest absolute Gasteiger partial charge is 0.463 e. The number of amides is 3. The summed E-state index contributed by atoms with van der Waals surface area (Å²) in [4.78, 5) is 61.5. The Morgan fingerprint density at radius 3 is 2.55 bits per heavy atom. The van der Waals surface area contributed by atoms with Crippen molar-refractivity contribution in [2.45, 2.75) is 69.4 Å². The third-order valence-electron chi connectivity index (χ3n) is 10.5. The summed E-state index contributed by atoms with van der Waals surface area (Å²) in [5, 5.41) is 13.6. The number of aliphatic hydroxyl groups is 1. The molecule has 4 aliphatic heterocycles. The van der Waals surface area contributed by atoms with Crippen LogP contribution in [-0.2, 0) is 33.4 Å². The second kappa shape index (κ2) is 16.4. The van der Waals surface area contributed by atoms with Crippen LogP contribution in [0.1, 0.15) is 51.1 Å². The maximum Gasteiger partial charge on any atom is 0.306 e. The Balaban J connectivity index is 1.43. The molecule has 0 aliphatic carbocycles. The lowest BCUT2D eigenvalue weighted by Gasteiger charge is -2.40. The fourth-order valence-corrected chi connectivity index (χ4v) is 8.00. The summed E-state index contributed by atoms with van der Waals surface area (Å²) in [7, 11) is 0. The van der Waals surface area contributed by atoms with Crippen molar-refractivity contribution in [3.8, 4) is 0 Å². The van der Waals surface area contributed by atoms with Crippen molar-refractivity contribution in [3.63, 3.8) is 0 Å². The number of carbonyl (C=O) groups is 4. The van der Waals surface area contributed by atoms with E-state index in [1.54, 1.807) is 17.1 Å². The Bertz CT molecular complexity index is 1350. The zero-order chi connectivity index (χ0) is 35.1. The van der Waals surface area contributed by atoms with Crippen molar-refractivity contribution in [1.82, 2.24) is 20.0 Å². The zero-order valence-electron chi connectivity index (χ0n) is 28.8. The third-order valence-corrected chi connectivity index (χ3v) is 10.5. The summed E-state index contributed by atoms with van der Waals surface area (Å²) in [5.74, 6) is -3.36. The van der Waals surface area contributed by atoms with E-state index in [0.29, 0.717) is 45.6 Å². The van der Waals surface area contributed by atoms with Crippen LogP contribution < -0.4 is 5.32 Å². The number of carbonyl (C=O) groups excluding carboxylic acids is 4. The first kappa shape index (κ1) is 36.7. The number of allylic oxidation sites excluding steroid dienone is 1. The number of hydrogen-bond acceptors (Lipinski definition) is 9. The number of likely N-dealkylation sites (tertiary alicyclic amines) is 1. The maximum absolute atomic E-state index is 14.7. The molecule has 4 saturated heterocycles. The molecule has 49 heavy (non-hydrogen) atoms. The standard InChI is InChI=1S/C37H52N4O8/c1-5-7-13-30(43)48-24-27(26-11-9-8-10-12-26)38-34(44)31-29-14-15-37(49-29)32(31)35(45)41(28(23-42)25(3)4)33(37)36(46)40(16-6-2)18-17-39-19-21-47-22-20-39/h5-6,8-12,25,27-29,31-33,42H,1-2,7,13-24H2,3-4H3,(H,38,44)/t27-,28-,29+,31-,32-,33+,37-/m0/s1. The molecule has 7 atom stereocenters. The summed E-state index contributed by atoms with van der Waals surface area (Å²) in [6.45, 7) is 15.1. The van der Waals surface area contributed by atoms with E-state index in [0.717, 1.165) is 18.7 Å². The lowest BCUT2D eigenvalue weighted by atomic mass is 9.70. The third kappa shape index (κ3) is 7.62. The smallest absolute Gasteiger partial charge is 0.306 e. The number of fused-ring (bicyclic) bond motifs is 1. The second-order valence-corrected chi connectivity index (χ2v) is 13.8. The number of aliphatic hydroxyl groups excluding tert-OH is 1. The van der Waals surface area contributed by atoms with Gasteiger partial charge >= 0.3 is 5.97 Å². The van der Waals surface area contributed by atoms with Gasteiger partial charge < -0.3 is 34.4 Å². The Morgan fingerprint density at radius 2 is 1.90 bits per heavy atom. The van der Waals surface area contributed by atoms with E-state index in [9.17, 15) is 24.3 Å². The molecule has 3 amide bonds. The SMILES string of the molecule is C=CCCC(=O)OC[C@H](NC(=O)[C@@H]1[C@H]2C(=O)N([C@@H](CO)C(C)C)[C@H](C(=O)N(CC=C)CCN3CCOCC3)[C@]23CC[C@H]1O3)c1ccccc1. The Hall–Kier alpha value is -3.58. The molecule has 1 spiro atoms. The molecular formula is C37H52N4O8. The number of esters is 1. The molecule has 1 aromatic carbocycles. The van der Waals surface area contributed by atoms with Crippen LogP contribution in [0.3, 0.4) is 0 Å². The molecule has 0 unspecified atom stereocenters. The van der Waals surface area contributed by atoms with Gasteiger partial charge in [0.1, 0.15) is 18.2 Å². The van der Waals surface area contributed by atoms with Gasteiger partial charge in [0.25, 0.3) is 0 Å². The monoisotopic (exact) mass is 680 g/mol. The van der Waals surface area contributed by atoms with Gasteiger partial charge in [-0.25, -0.2) is 0 Å². The number of morpholine rings is 1. The molecule has 12 heteroatoms. The van der Waals surface area contributed by atoms with Crippen LogP contribution in [0.5, 0.6) is 0 Å². The van der Waals surface area contributed by atoms with Crippen molar-refractivity contribution in [2.24, 2.45) is 17.8 Å². The van der Waals surface area contributed by atoms with Gasteiger partial charge in [0.2, 0.25) is 17.7 Å². The number of hydrogen-bond donors (Lipinski definition) is 2. The van der Waals surface area contributed by atoms with E-state index in [1.165, 1.54) is 4.90 Å². The number of ether oxygens (including phenoxy) is 3. The fourth-order valence-electron chi connectivity index (χ4n) is 8.00. The maximum atomic E-state index is 14.7. The average Bonchev–Trinajstić information content (AvgIpc) is 3.75. The Labute approximate surface area is 289 Å². The first-order valence-electron chi connectivity index (χ1n) is 17.6. The fraction of sp³-hybridized carbons (Fsp3) is 0.622. The number of rotatable bonds is 17. The lowest BCUT2D eigenvalue weighted by Crippen LogP contribution is -2.60. The predicted molar refractivity (Wildman–Crippen MR) is 182 cm³/mol. The first-order valence-corrected chi connectivity index (χ1v) is 17.6. The van der Waals surface area contributed by atoms with E-state index in [-0.39, 0.29) is 43.9 Å². The second-order valence-electron chi connectivity index (χ2n) is 13.8. The Morgan fingerprint density at radius 1 is 1.16 bits per heavy atom. The highest BCUT2D eigenvalue weighted by atomic mass is 16.5. The van der Waals surface area contributed by atoms with E-state index in [2.05, 4.69) is 23.4 Å². The van der Waals surface area contributed by atoms with Crippen molar-refractivity contribution in [3.05, 3.63) is 61.2 Å². The highest BCUT2D eigenvalue weighted by Crippen LogP contribution is 2.59. The van der Waals surface area contributed by atoms with Crippen LogP contribution in [0, 0.1) is 17.8 Å². The van der Waals surface area contributed by atoms with Crippen molar-refractivity contribution in [1.29, 1.82) is 0 Å². The Kier molecular flexibility index (Phi) is 12.3. The highest BCUT2D eigenvalue weighted by Gasteiger charge is 2.75. The van der Waals surface area contributed by atoms with Crippen LogP contribution in [0.25, 0.3) is 0 Å². The molecule has 5 rings (SSSR count). The topological polar surface area (TPSA) is 138 Å². The molecule has 0 radical (unpaired) electrons. The van der Waals surface area contributed by atoms with Crippen molar-refractivity contribution < 1.29 is 38.5 Å². The minimum absolute atomic E-state index is 0.0828. The quantitative estimate of drug-likeness (QED) is 0.187. The van der Waals surface area contributed by atoms with E-state index in [4.69, 9.17) is 14.2 Å². The van der Waals surface area contributed by atoms with Gasteiger partial charge in [0.15, 0.2) is 0 Å². The molecule has 268 valence electrons. The normalized spacial score (nSPS) is 27.4. The van der Waals surface area contributed by atoms with Gasteiger partial charge in [0, 0.05) is 39.1 Å². The lowest BCUT2D eigenvalue weighted by molar-refractivity contribution is -0.152. The minimum atomic E-state index is -1.22. The van der Waals surface area contributed by atoms with Crippen molar-refractivity contribution >= 4 is 23.7 Å². The molecule has 4 heterocycles. The summed E-state index contributed by atoms with van der Waals surface area (Å²) in [6, 6.07) is 6.91. The molecular weight excluding hydrogens is 628 g/mol. The number of nitrogens with zero attached hydrogens (tertiary/aromatic N) is 3. The molecule has 2 bridgehead atoms. The summed E-state index contributed by atoms with van der Waals surface area (Å²) in [5.41, 5.74) is -0.472. The summed E-state index contributed by atoms with van der Waals surface area (Å²) in [6.07, 6.45) is 4.36. The van der Waals surface area contributed by atoms with Gasteiger partial charge in [-0.2, -0.15) is 0 Å². The molecule has 2 N–H and O–H groups in total. The van der Waals surface area contributed by atoms with E-state index < -0.39 is 53.5 Å². The minimum Gasteiger partial charge on any atom is -0.463 e. The number of benzene rings is 1. The zero-order valence-corrected chi connectivity index (χ0v) is 28.8. The van der Waals surface area contributed by atoms with Gasteiger partial charge in [-0.05, 0) is 30.7 Å². The van der Waals surface area contributed by atoms with Crippen LogP contribution >= 0.6 is 0 Å². The van der Waals surface area contributed by atoms with Gasteiger partial charge in [-0.15, -0.1) is 13.2 Å². The van der Waals surface area contributed by atoms with E-state index in [1.807, 2.05) is 44.2 Å². The molecule has 0 saturated carbocycles. The van der Waals surface area contributed by atoms with Gasteiger partial charge in [-0.3, -0.25) is 24.1 Å².